The highest BCUT2D eigenvalue weighted by atomic mass is 16.6. The van der Waals surface area contributed by atoms with Crippen molar-refractivity contribution in [2.45, 2.75) is 26.4 Å². The number of aldehydes is 1. The SMILES string of the molecule is CC(C)(C)OC(=O)Nc1ccc(C=O)nc1. The molecular weight excluding hydrogens is 208 g/mol. The Bertz CT molecular complexity index is 379. The van der Waals surface area contributed by atoms with E-state index in [2.05, 4.69) is 10.3 Å². The third-order valence-electron chi connectivity index (χ3n) is 1.55. The van der Waals surface area contributed by atoms with Crippen LogP contribution in [0.1, 0.15) is 31.3 Å². The van der Waals surface area contributed by atoms with Gasteiger partial charge in [-0.15, -0.1) is 0 Å². The van der Waals surface area contributed by atoms with Crippen molar-refractivity contribution in [1.29, 1.82) is 0 Å². The van der Waals surface area contributed by atoms with E-state index < -0.39 is 11.7 Å². The normalized spacial score (nSPS) is 10.7. The zero-order valence-electron chi connectivity index (χ0n) is 9.48. The first-order chi connectivity index (χ1) is 7.40. The zero-order valence-corrected chi connectivity index (χ0v) is 9.48. The first-order valence-corrected chi connectivity index (χ1v) is 4.82. The Hall–Kier alpha value is -1.91. The molecule has 0 aliphatic carbocycles. The third kappa shape index (κ3) is 4.08. The van der Waals surface area contributed by atoms with Crippen LogP contribution < -0.4 is 5.32 Å². The van der Waals surface area contributed by atoms with Crippen molar-refractivity contribution in [1.82, 2.24) is 4.98 Å². The lowest BCUT2D eigenvalue weighted by Gasteiger charge is -2.19. The van der Waals surface area contributed by atoms with Crippen molar-refractivity contribution in [3.63, 3.8) is 0 Å². The van der Waals surface area contributed by atoms with E-state index in [1.807, 2.05) is 0 Å². The molecule has 16 heavy (non-hydrogen) atoms. The molecule has 0 radical (unpaired) electrons. The number of ether oxygens (including phenoxy) is 1. The summed E-state index contributed by atoms with van der Waals surface area (Å²) in [6.07, 6.45) is 1.48. The van der Waals surface area contributed by atoms with E-state index in [0.717, 1.165) is 0 Å². The monoisotopic (exact) mass is 222 g/mol. The molecule has 0 saturated carbocycles. The van der Waals surface area contributed by atoms with Crippen molar-refractivity contribution in [2.24, 2.45) is 0 Å². The van der Waals surface area contributed by atoms with E-state index in [1.165, 1.54) is 12.3 Å². The minimum Gasteiger partial charge on any atom is -0.444 e. The molecule has 0 spiro atoms. The van der Waals surface area contributed by atoms with Crippen LogP contribution in [-0.4, -0.2) is 23.0 Å². The molecule has 0 bridgehead atoms. The first-order valence-electron chi connectivity index (χ1n) is 4.82. The molecule has 0 atom stereocenters. The molecule has 1 heterocycles. The molecule has 1 aromatic heterocycles. The first kappa shape index (κ1) is 12.2. The lowest BCUT2D eigenvalue weighted by Crippen LogP contribution is -2.27. The van der Waals surface area contributed by atoms with Gasteiger partial charge in [0.15, 0.2) is 6.29 Å². The summed E-state index contributed by atoms with van der Waals surface area (Å²) in [5.41, 5.74) is 0.259. The Kier molecular flexibility index (Phi) is 3.60. The molecule has 1 aromatic rings. The van der Waals surface area contributed by atoms with Crippen LogP contribution in [0.15, 0.2) is 18.3 Å². The molecule has 0 fully saturated rings. The number of pyridine rings is 1. The van der Waals surface area contributed by atoms with Crippen LogP contribution in [0.4, 0.5) is 10.5 Å². The standard InChI is InChI=1S/C11H14N2O3/c1-11(2,3)16-10(15)13-8-4-5-9(7-14)12-6-8/h4-7H,1-3H3,(H,13,15). The number of rotatable bonds is 2. The number of nitrogens with zero attached hydrogens (tertiary/aromatic N) is 1. The van der Waals surface area contributed by atoms with Crippen molar-refractivity contribution in [3.8, 4) is 0 Å². The molecule has 0 saturated heterocycles. The summed E-state index contributed by atoms with van der Waals surface area (Å²) in [5, 5.41) is 2.51. The largest absolute Gasteiger partial charge is 0.444 e. The molecular formula is C11H14N2O3. The summed E-state index contributed by atoms with van der Waals surface area (Å²) >= 11 is 0. The highest BCUT2D eigenvalue weighted by molar-refractivity contribution is 5.85. The minimum absolute atomic E-state index is 0.315. The van der Waals surface area contributed by atoms with E-state index in [1.54, 1.807) is 26.8 Å². The van der Waals surface area contributed by atoms with Gasteiger partial charge in [0, 0.05) is 0 Å². The lowest BCUT2D eigenvalue weighted by atomic mass is 10.2. The van der Waals surface area contributed by atoms with Gasteiger partial charge in [-0.05, 0) is 32.9 Å². The van der Waals surface area contributed by atoms with Crippen molar-refractivity contribution in [3.05, 3.63) is 24.0 Å². The predicted molar refractivity (Wildman–Crippen MR) is 59.5 cm³/mol. The van der Waals surface area contributed by atoms with Crippen LogP contribution in [0.2, 0.25) is 0 Å². The van der Waals surface area contributed by atoms with Gasteiger partial charge < -0.3 is 4.74 Å². The topological polar surface area (TPSA) is 68.3 Å². The number of amides is 1. The number of carbonyl (C=O) groups is 2. The fourth-order valence-corrected chi connectivity index (χ4v) is 0.970. The molecule has 0 unspecified atom stereocenters. The van der Waals surface area contributed by atoms with E-state index in [0.29, 0.717) is 17.7 Å². The van der Waals surface area contributed by atoms with Gasteiger partial charge in [0.05, 0.1) is 11.9 Å². The molecule has 5 heteroatoms. The van der Waals surface area contributed by atoms with Gasteiger partial charge in [0.25, 0.3) is 0 Å². The van der Waals surface area contributed by atoms with Crippen molar-refractivity contribution >= 4 is 18.1 Å². The highest BCUT2D eigenvalue weighted by Crippen LogP contribution is 2.10. The average molecular weight is 222 g/mol. The summed E-state index contributed by atoms with van der Waals surface area (Å²) in [6.45, 7) is 5.33. The molecule has 0 aliphatic rings. The van der Waals surface area contributed by atoms with Crippen molar-refractivity contribution in [2.75, 3.05) is 5.32 Å². The van der Waals surface area contributed by atoms with Gasteiger partial charge in [-0.25, -0.2) is 4.79 Å². The molecule has 1 amide bonds. The number of anilines is 1. The van der Waals surface area contributed by atoms with E-state index in [4.69, 9.17) is 4.74 Å². The van der Waals surface area contributed by atoms with Crippen LogP contribution in [0.3, 0.4) is 0 Å². The Labute approximate surface area is 93.8 Å². The Balaban J connectivity index is 2.59. The van der Waals surface area contributed by atoms with Gasteiger partial charge in [-0.3, -0.25) is 15.1 Å². The second-order valence-electron chi connectivity index (χ2n) is 4.22. The molecule has 0 aromatic carbocycles. The van der Waals surface area contributed by atoms with Crippen LogP contribution in [0.5, 0.6) is 0 Å². The van der Waals surface area contributed by atoms with Gasteiger partial charge >= 0.3 is 6.09 Å². The fourth-order valence-electron chi connectivity index (χ4n) is 0.970. The van der Waals surface area contributed by atoms with Crippen LogP contribution >= 0.6 is 0 Å². The number of hydrogen-bond acceptors (Lipinski definition) is 4. The van der Waals surface area contributed by atoms with E-state index in [9.17, 15) is 9.59 Å². The molecule has 5 nitrogen and oxygen atoms in total. The highest BCUT2D eigenvalue weighted by Gasteiger charge is 2.16. The second-order valence-corrected chi connectivity index (χ2v) is 4.22. The summed E-state index contributed by atoms with van der Waals surface area (Å²) in [4.78, 5) is 25.5. The number of aromatic nitrogens is 1. The smallest absolute Gasteiger partial charge is 0.412 e. The zero-order chi connectivity index (χ0) is 12.2. The van der Waals surface area contributed by atoms with Gasteiger partial charge in [-0.2, -0.15) is 0 Å². The average Bonchev–Trinajstić information content (AvgIpc) is 2.16. The van der Waals surface area contributed by atoms with Crippen LogP contribution in [-0.2, 0) is 4.74 Å². The summed E-state index contributed by atoms with van der Waals surface area (Å²) in [6, 6.07) is 3.10. The van der Waals surface area contributed by atoms with Gasteiger partial charge in [0.2, 0.25) is 0 Å². The molecule has 0 aliphatic heterocycles. The maximum Gasteiger partial charge on any atom is 0.412 e. The summed E-state index contributed by atoms with van der Waals surface area (Å²) < 4.78 is 5.05. The lowest BCUT2D eigenvalue weighted by molar-refractivity contribution is 0.0636. The quantitative estimate of drug-likeness (QED) is 0.779. The number of hydrogen-bond donors (Lipinski definition) is 1. The molecule has 1 rings (SSSR count). The summed E-state index contributed by atoms with van der Waals surface area (Å²) in [5.74, 6) is 0. The number of nitrogens with one attached hydrogen (secondary N) is 1. The van der Waals surface area contributed by atoms with E-state index >= 15 is 0 Å². The maximum atomic E-state index is 11.4. The Morgan fingerprint density at radius 2 is 2.12 bits per heavy atom. The third-order valence-corrected chi connectivity index (χ3v) is 1.55. The minimum atomic E-state index is -0.548. The molecule has 1 N–H and O–H groups in total. The number of carbonyl (C=O) groups excluding carboxylic acids is 2. The van der Waals surface area contributed by atoms with Crippen molar-refractivity contribution < 1.29 is 14.3 Å². The van der Waals surface area contributed by atoms with E-state index in [-0.39, 0.29) is 0 Å². The fraction of sp³-hybridized carbons (Fsp3) is 0.364. The van der Waals surface area contributed by atoms with Crippen LogP contribution in [0.25, 0.3) is 0 Å². The summed E-state index contributed by atoms with van der Waals surface area (Å²) in [7, 11) is 0. The predicted octanol–water partition coefficient (Wildman–Crippen LogP) is 2.24. The Morgan fingerprint density at radius 3 is 2.56 bits per heavy atom. The van der Waals surface area contributed by atoms with Gasteiger partial charge in [0.1, 0.15) is 11.3 Å². The maximum absolute atomic E-state index is 11.4. The second kappa shape index (κ2) is 4.74. The molecule has 86 valence electrons. The van der Waals surface area contributed by atoms with Crippen LogP contribution in [0, 0.1) is 0 Å². The van der Waals surface area contributed by atoms with Gasteiger partial charge in [-0.1, -0.05) is 0 Å². The Morgan fingerprint density at radius 1 is 1.44 bits per heavy atom.